The van der Waals surface area contributed by atoms with Crippen molar-refractivity contribution in [2.24, 2.45) is 0 Å². The zero-order chi connectivity index (χ0) is 29.0. The lowest BCUT2D eigenvalue weighted by Gasteiger charge is -2.32. The number of anilines is 1. The Hall–Kier alpha value is -3.85. The minimum absolute atomic E-state index is 0.0675. The van der Waals surface area contributed by atoms with Crippen LogP contribution in [-0.4, -0.2) is 57.4 Å². The average Bonchev–Trinajstić information content (AvgIpc) is 2.97. The third kappa shape index (κ3) is 8.32. The van der Waals surface area contributed by atoms with Crippen molar-refractivity contribution >= 4 is 27.5 Å². The van der Waals surface area contributed by atoms with E-state index in [4.69, 9.17) is 4.74 Å². The van der Waals surface area contributed by atoms with Crippen LogP contribution in [-0.2, 0) is 26.0 Å². The first kappa shape index (κ1) is 30.7. The summed E-state index contributed by atoms with van der Waals surface area (Å²) in [6.45, 7) is 6.35. The molecule has 0 aliphatic carbocycles. The van der Waals surface area contributed by atoms with Gasteiger partial charge in [0.1, 0.15) is 18.3 Å². The second-order valence-electron chi connectivity index (χ2n) is 9.39. The number of sulfonamides is 1. The van der Waals surface area contributed by atoms with Gasteiger partial charge in [0, 0.05) is 13.1 Å². The number of amides is 2. The van der Waals surface area contributed by atoms with Gasteiger partial charge >= 0.3 is 0 Å². The molecule has 2 amide bonds. The number of rotatable bonds is 15. The first-order valence-corrected chi connectivity index (χ1v) is 15.1. The predicted octanol–water partition coefficient (Wildman–Crippen LogP) is 4.66. The summed E-state index contributed by atoms with van der Waals surface area (Å²) in [7, 11) is -4.09. The summed E-state index contributed by atoms with van der Waals surface area (Å²) in [4.78, 5) is 28.4. The molecule has 9 heteroatoms. The number of carbonyl (C=O) groups excluding carboxylic acids is 2. The van der Waals surface area contributed by atoms with Crippen LogP contribution in [0.25, 0.3) is 0 Å². The molecule has 0 heterocycles. The van der Waals surface area contributed by atoms with Gasteiger partial charge in [-0.05, 0) is 68.7 Å². The van der Waals surface area contributed by atoms with E-state index in [1.807, 2.05) is 44.2 Å². The number of ether oxygens (including phenoxy) is 1. The number of nitrogens with zero attached hydrogens (tertiary/aromatic N) is 2. The Labute approximate surface area is 238 Å². The van der Waals surface area contributed by atoms with Crippen LogP contribution in [0.5, 0.6) is 5.75 Å². The molecule has 3 aromatic rings. The van der Waals surface area contributed by atoms with Crippen LogP contribution >= 0.6 is 0 Å². The van der Waals surface area contributed by atoms with Crippen LogP contribution in [0.2, 0.25) is 0 Å². The highest BCUT2D eigenvalue weighted by molar-refractivity contribution is 7.92. The highest BCUT2D eigenvalue weighted by Gasteiger charge is 2.32. The van der Waals surface area contributed by atoms with Crippen LogP contribution in [0.15, 0.2) is 89.8 Å². The number of unbranched alkanes of at least 4 members (excludes halogenated alkanes) is 1. The van der Waals surface area contributed by atoms with Gasteiger partial charge in [-0.1, -0.05) is 61.9 Å². The van der Waals surface area contributed by atoms with Crippen molar-refractivity contribution in [3.63, 3.8) is 0 Å². The quantitative estimate of drug-likeness (QED) is 0.271. The number of hydrogen-bond donors (Lipinski definition) is 1. The third-order valence-corrected chi connectivity index (χ3v) is 8.31. The van der Waals surface area contributed by atoms with E-state index in [0.29, 0.717) is 31.0 Å². The molecule has 0 aliphatic rings. The number of carbonyl (C=O) groups is 2. The van der Waals surface area contributed by atoms with Gasteiger partial charge in [-0.15, -0.1) is 0 Å². The maximum atomic E-state index is 13.9. The molecule has 0 bridgehead atoms. The van der Waals surface area contributed by atoms with E-state index in [1.165, 1.54) is 17.0 Å². The fourth-order valence-corrected chi connectivity index (χ4v) is 5.67. The molecule has 214 valence electrons. The zero-order valence-corrected chi connectivity index (χ0v) is 24.3. The second-order valence-corrected chi connectivity index (χ2v) is 11.3. The van der Waals surface area contributed by atoms with Crippen molar-refractivity contribution in [2.75, 3.05) is 30.5 Å². The van der Waals surface area contributed by atoms with E-state index in [1.54, 1.807) is 49.4 Å². The largest absolute Gasteiger partial charge is 0.494 e. The topological polar surface area (TPSA) is 96.0 Å². The van der Waals surface area contributed by atoms with Crippen molar-refractivity contribution < 1.29 is 22.7 Å². The van der Waals surface area contributed by atoms with Crippen molar-refractivity contribution in [3.8, 4) is 5.75 Å². The van der Waals surface area contributed by atoms with Crippen molar-refractivity contribution in [1.82, 2.24) is 10.2 Å². The van der Waals surface area contributed by atoms with Crippen molar-refractivity contribution in [3.05, 3.63) is 90.5 Å². The standard InChI is InChI=1S/C31H39N3O5S/c1-4-6-22-32-31(36)25(3)33(23-21-26-13-9-7-10-14-26)30(35)24-34(27-17-19-28(20-18-27)39-5-2)40(37,38)29-15-11-8-12-16-29/h7-20,25H,4-6,21-24H2,1-3H3,(H,32,36)/t25-/m0/s1. The van der Waals surface area contributed by atoms with Crippen LogP contribution in [0, 0.1) is 0 Å². The Balaban J connectivity index is 1.94. The van der Waals surface area contributed by atoms with Crippen LogP contribution < -0.4 is 14.4 Å². The maximum absolute atomic E-state index is 13.9. The van der Waals surface area contributed by atoms with Gasteiger partial charge < -0.3 is 15.0 Å². The molecule has 8 nitrogen and oxygen atoms in total. The van der Waals surface area contributed by atoms with Crippen molar-refractivity contribution in [1.29, 1.82) is 0 Å². The van der Waals surface area contributed by atoms with Gasteiger partial charge in [0.25, 0.3) is 10.0 Å². The lowest BCUT2D eigenvalue weighted by atomic mass is 10.1. The summed E-state index contributed by atoms with van der Waals surface area (Å²) in [6, 6.07) is 23.5. The molecule has 1 N–H and O–H groups in total. The van der Waals surface area contributed by atoms with Gasteiger partial charge in [0.05, 0.1) is 17.2 Å². The Bertz CT molecular complexity index is 1320. The summed E-state index contributed by atoms with van der Waals surface area (Å²) in [5, 5.41) is 2.90. The summed E-state index contributed by atoms with van der Waals surface area (Å²) in [6.07, 6.45) is 2.28. The normalized spacial score (nSPS) is 11.9. The molecule has 0 saturated heterocycles. The van der Waals surface area contributed by atoms with E-state index in [2.05, 4.69) is 5.32 Å². The predicted molar refractivity (Wildman–Crippen MR) is 158 cm³/mol. The number of nitrogens with one attached hydrogen (secondary N) is 1. The third-order valence-electron chi connectivity index (χ3n) is 6.53. The highest BCUT2D eigenvalue weighted by atomic mass is 32.2. The monoisotopic (exact) mass is 565 g/mol. The Morgan fingerprint density at radius 1 is 0.900 bits per heavy atom. The van der Waals surface area contributed by atoms with Gasteiger partial charge in [-0.25, -0.2) is 8.42 Å². The van der Waals surface area contributed by atoms with Gasteiger partial charge in [-0.3, -0.25) is 13.9 Å². The number of benzene rings is 3. The molecule has 0 aromatic heterocycles. The van der Waals surface area contributed by atoms with Gasteiger partial charge in [-0.2, -0.15) is 0 Å². The molecule has 1 atom stereocenters. The molecule has 40 heavy (non-hydrogen) atoms. The van der Waals surface area contributed by atoms with E-state index in [0.717, 1.165) is 22.7 Å². The molecular weight excluding hydrogens is 526 g/mol. The Kier molecular flexibility index (Phi) is 11.6. The minimum atomic E-state index is -4.09. The molecule has 0 fully saturated rings. The maximum Gasteiger partial charge on any atom is 0.264 e. The van der Waals surface area contributed by atoms with Crippen LogP contribution in [0.1, 0.15) is 39.2 Å². The summed E-state index contributed by atoms with van der Waals surface area (Å²) in [5.74, 6) is -0.146. The molecule has 0 aliphatic heterocycles. The molecule has 0 radical (unpaired) electrons. The zero-order valence-electron chi connectivity index (χ0n) is 23.5. The SMILES string of the molecule is CCCCNC(=O)[C@H](C)N(CCc1ccccc1)C(=O)CN(c1ccc(OCC)cc1)S(=O)(=O)c1ccccc1. The highest BCUT2D eigenvalue weighted by Crippen LogP contribution is 2.26. The Morgan fingerprint density at radius 2 is 1.52 bits per heavy atom. The van der Waals surface area contributed by atoms with E-state index in [9.17, 15) is 18.0 Å². The number of hydrogen-bond acceptors (Lipinski definition) is 5. The first-order valence-electron chi connectivity index (χ1n) is 13.7. The summed E-state index contributed by atoms with van der Waals surface area (Å²) < 4.78 is 34.2. The molecule has 0 saturated carbocycles. The van der Waals surface area contributed by atoms with E-state index < -0.39 is 28.5 Å². The second kappa shape index (κ2) is 15.1. The molecule has 3 rings (SSSR count). The van der Waals surface area contributed by atoms with Crippen molar-refractivity contribution in [2.45, 2.75) is 51.0 Å². The Morgan fingerprint density at radius 3 is 2.12 bits per heavy atom. The lowest BCUT2D eigenvalue weighted by molar-refractivity contribution is -0.138. The summed E-state index contributed by atoms with van der Waals surface area (Å²) in [5.41, 5.74) is 1.34. The van der Waals surface area contributed by atoms with Crippen LogP contribution in [0.4, 0.5) is 5.69 Å². The van der Waals surface area contributed by atoms with Gasteiger partial charge in [0.2, 0.25) is 11.8 Å². The van der Waals surface area contributed by atoms with E-state index >= 15 is 0 Å². The summed E-state index contributed by atoms with van der Waals surface area (Å²) >= 11 is 0. The lowest BCUT2D eigenvalue weighted by Crippen LogP contribution is -2.52. The first-order chi connectivity index (χ1) is 19.3. The van der Waals surface area contributed by atoms with Gasteiger partial charge in [0.15, 0.2) is 0 Å². The van der Waals surface area contributed by atoms with E-state index in [-0.39, 0.29) is 17.3 Å². The minimum Gasteiger partial charge on any atom is -0.494 e. The smallest absolute Gasteiger partial charge is 0.264 e. The van der Waals surface area contributed by atoms with Crippen LogP contribution in [0.3, 0.4) is 0 Å². The molecular formula is C31H39N3O5S. The fourth-order valence-electron chi connectivity index (χ4n) is 4.23. The molecule has 0 unspecified atom stereocenters. The molecule has 3 aromatic carbocycles. The fraction of sp³-hybridized carbons (Fsp3) is 0.355. The average molecular weight is 566 g/mol. The molecule has 0 spiro atoms.